The molecular formula is C10H13N3O2S. The molecule has 0 amide bonds. The Morgan fingerprint density at radius 1 is 1.38 bits per heavy atom. The Morgan fingerprint density at radius 3 is 2.69 bits per heavy atom. The van der Waals surface area contributed by atoms with Crippen LogP contribution in [0.2, 0.25) is 0 Å². The van der Waals surface area contributed by atoms with Gasteiger partial charge in [0.25, 0.3) is 0 Å². The van der Waals surface area contributed by atoms with Gasteiger partial charge in [-0.15, -0.1) is 12.6 Å². The minimum atomic E-state index is -1.01. The topological polar surface area (TPSA) is 89.2 Å². The first-order chi connectivity index (χ1) is 7.66. The van der Waals surface area contributed by atoms with Crippen molar-refractivity contribution < 1.29 is 10.2 Å². The summed E-state index contributed by atoms with van der Waals surface area (Å²) in [7, 11) is 0. The van der Waals surface area contributed by atoms with Crippen molar-refractivity contribution in [3.05, 3.63) is 40.3 Å². The van der Waals surface area contributed by atoms with E-state index >= 15 is 0 Å². The van der Waals surface area contributed by atoms with E-state index in [0.717, 1.165) is 0 Å². The molecule has 0 heterocycles. The van der Waals surface area contributed by atoms with Gasteiger partial charge in [0.1, 0.15) is 6.10 Å². The van der Waals surface area contributed by atoms with Crippen molar-refractivity contribution in [2.45, 2.75) is 23.5 Å². The summed E-state index contributed by atoms with van der Waals surface area (Å²) in [5.74, 6) is 0. The van der Waals surface area contributed by atoms with E-state index in [9.17, 15) is 10.2 Å². The number of aliphatic hydroxyl groups excluding tert-OH is 2. The summed E-state index contributed by atoms with van der Waals surface area (Å²) in [4.78, 5) is 3.20. The molecule has 1 aromatic rings. The van der Waals surface area contributed by atoms with Gasteiger partial charge in [-0.1, -0.05) is 23.3 Å². The molecular weight excluding hydrogens is 226 g/mol. The molecule has 1 rings (SSSR count). The van der Waals surface area contributed by atoms with E-state index in [2.05, 4.69) is 22.7 Å². The minimum Gasteiger partial charge on any atom is -0.390 e. The summed E-state index contributed by atoms with van der Waals surface area (Å²) >= 11 is 4.19. The molecule has 86 valence electrons. The van der Waals surface area contributed by atoms with E-state index in [1.54, 1.807) is 24.3 Å². The lowest BCUT2D eigenvalue weighted by Crippen LogP contribution is -2.19. The Bertz CT molecular complexity index is 393. The number of rotatable bonds is 5. The van der Waals surface area contributed by atoms with E-state index in [4.69, 9.17) is 5.53 Å². The number of azide groups is 1. The lowest BCUT2D eigenvalue weighted by atomic mass is 10.0. The Morgan fingerprint density at radius 2 is 2.06 bits per heavy atom. The highest BCUT2D eigenvalue weighted by molar-refractivity contribution is 7.80. The summed E-state index contributed by atoms with van der Waals surface area (Å²) in [6.45, 7) is 0.156. The van der Waals surface area contributed by atoms with Crippen LogP contribution in [-0.4, -0.2) is 22.9 Å². The average molecular weight is 239 g/mol. The third kappa shape index (κ3) is 3.43. The Balaban J connectivity index is 2.66. The molecule has 0 radical (unpaired) electrons. The van der Waals surface area contributed by atoms with Crippen molar-refractivity contribution in [1.29, 1.82) is 0 Å². The van der Waals surface area contributed by atoms with Gasteiger partial charge in [-0.3, -0.25) is 0 Å². The van der Waals surface area contributed by atoms with Crippen LogP contribution in [0.4, 0.5) is 0 Å². The predicted molar refractivity (Wildman–Crippen MR) is 63.3 cm³/mol. The van der Waals surface area contributed by atoms with Crippen LogP contribution in [0.5, 0.6) is 0 Å². The van der Waals surface area contributed by atoms with Crippen LogP contribution < -0.4 is 0 Å². The molecule has 1 aromatic carbocycles. The van der Waals surface area contributed by atoms with E-state index in [0.29, 0.717) is 10.5 Å². The number of nitrogens with zero attached hydrogens (tertiary/aromatic N) is 3. The second-order valence-electron chi connectivity index (χ2n) is 3.31. The molecule has 16 heavy (non-hydrogen) atoms. The first-order valence-corrected chi connectivity index (χ1v) is 5.26. The van der Waals surface area contributed by atoms with Gasteiger partial charge < -0.3 is 10.2 Å². The number of hydrogen-bond acceptors (Lipinski definition) is 4. The molecule has 0 bridgehead atoms. The minimum absolute atomic E-state index is 0.156. The quantitative estimate of drug-likeness (QED) is 0.318. The largest absolute Gasteiger partial charge is 0.390 e. The number of hydrogen-bond donors (Lipinski definition) is 3. The second-order valence-corrected chi connectivity index (χ2v) is 3.80. The van der Waals surface area contributed by atoms with Crippen molar-refractivity contribution in [1.82, 2.24) is 0 Å². The van der Waals surface area contributed by atoms with Gasteiger partial charge >= 0.3 is 0 Å². The zero-order valence-electron chi connectivity index (χ0n) is 8.56. The van der Waals surface area contributed by atoms with Crippen LogP contribution in [0.3, 0.4) is 0 Å². The van der Waals surface area contributed by atoms with Crippen molar-refractivity contribution >= 4 is 12.6 Å². The molecule has 0 aromatic heterocycles. The number of aliphatic hydroxyl groups is 2. The monoisotopic (exact) mass is 239 g/mol. The highest BCUT2D eigenvalue weighted by Gasteiger charge is 2.19. The SMILES string of the molecule is [N-]=[N+]=NCCC(O)C(O)c1ccccc1S. The lowest BCUT2D eigenvalue weighted by molar-refractivity contribution is 0.0135. The van der Waals surface area contributed by atoms with Gasteiger partial charge in [0, 0.05) is 16.4 Å². The van der Waals surface area contributed by atoms with Gasteiger partial charge in [0.05, 0.1) is 6.10 Å². The molecule has 2 atom stereocenters. The van der Waals surface area contributed by atoms with Crippen LogP contribution in [0.1, 0.15) is 18.1 Å². The van der Waals surface area contributed by atoms with Crippen molar-refractivity contribution in [3.8, 4) is 0 Å². The van der Waals surface area contributed by atoms with Crippen molar-refractivity contribution in [2.75, 3.05) is 6.54 Å². The zero-order chi connectivity index (χ0) is 12.0. The maximum atomic E-state index is 9.84. The molecule has 6 heteroatoms. The van der Waals surface area contributed by atoms with E-state index in [-0.39, 0.29) is 13.0 Å². The molecule has 2 unspecified atom stereocenters. The molecule has 0 spiro atoms. The van der Waals surface area contributed by atoms with Crippen LogP contribution in [0.15, 0.2) is 34.3 Å². The summed E-state index contributed by atoms with van der Waals surface area (Å²) in [6, 6.07) is 6.99. The van der Waals surface area contributed by atoms with Crippen LogP contribution in [0.25, 0.3) is 10.4 Å². The molecule has 0 fully saturated rings. The average Bonchev–Trinajstić information content (AvgIpc) is 2.29. The Hall–Kier alpha value is -1.20. The van der Waals surface area contributed by atoms with Gasteiger partial charge in [-0.05, 0) is 23.6 Å². The first kappa shape index (κ1) is 12.9. The molecule has 2 N–H and O–H groups in total. The maximum Gasteiger partial charge on any atom is 0.106 e. The van der Waals surface area contributed by atoms with Gasteiger partial charge in [0.2, 0.25) is 0 Å². The molecule has 0 aliphatic rings. The van der Waals surface area contributed by atoms with Crippen LogP contribution in [-0.2, 0) is 0 Å². The summed E-state index contributed by atoms with van der Waals surface area (Å²) < 4.78 is 0. The summed E-state index contributed by atoms with van der Waals surface area (Å²) in [6.07, 6.45) is -1.76. The van der Waals surface area contributed by atoms with Gasteiger partial charge in [-0.2, -0.15) is 0 Å². The van der Waals surface area contributed by atoms with Gasteiger partial charge in [0.15, 0.2) is 0 Å². The molecule has 0 aliphatic carbocycles. The molecule has 0 aliphatic heterocycles. The normalized spacial score (nSPS) is 13.9. The second kappa shape index (κ2) is 6.40. The lowest BCUT2D eigenvalue weighted by Gasteiger charge is -2.18. The fourth-order valence-electron chi connectivity index (χ4n) is 1.34. The fraction of sp³-hybridized carbons (Fsp3) is 0.400. The molecule has 5 nitrogen and oxygen atoms in total. The molecule has 0 saturated carbocycles. The first-order valence-electron chi connectivity index (χ1n) is 4.81. The Kier molecular flexibility index (Phi) is 5.14. The highest BCUT2D eigenvalue weighted by Crippen LogP contribution is 2.24. The van der Waals surface area contributed by atoms with Gasteiger partial charge in [-0.25, -0.2) is 0 Å². The third-order valence-electron chi connectivity index (χ3n) is 2.21. The standard InChI is InChI=1S/C10H13N3O2S/c11-13-12-6-5-8(14)10(15)7-3-1-2-4-9(7)16/h1-4,8,10,14-16H,5-6H2. The van der Waals surface area contributed by atoms with E-state index < -0.39 is 12.2 Å². The third-order valence-corrected chi connectivity index (χ3v) is 2.62. The predicted octanol–water partition coefficient (Wildman–Crippen LogP) is 2.07. The summed E-state index contributed by atoms with van der Waals surface area (Å²) in [5.41, 5.74) is 8.65. The fourth-order valence-corrected chi connectivity index (χ4v) is 1.63. The smallest absolute Gasteiger partial charge is 0.106 e. The van der Waals surface area contributed by atoms with Crippen molar-refractivity contribution in [3.63, 3.8) is 0 Å². The molecule has 0 saturated heterocycles. The van der Waals surface area contributed by atoms with E-state index in [1.165, 1.54) is 0 Å². The van der Waals surface area contributed by atoms with E-state index in [1.807, 2.05) is 0 Å². The zero-order valence-corrected chi connectivity index (χ0v) is 9.46. The van der Waals surface area contributed by atoms with Crippen molar-refractivity contribution in [2.24, 2.45) is 5.11 Å². The Labute approximate surface area is 98.8 Å². The summed E-state index contributed by atoms with van der Waals surface area (Å²) in [5, 5.41) is 22.8. The van der Waals surface area contributed by atoms with Crippen LogP contribution in [0, 0.1) is 0 Å². The maximum absolute atomic E-state index is 9.84. The van der Waals surface area contributed by atoms with Crippen LogP contribution >= 0.6 is 12.6 Å². The highest BCUT2D eigenvalue weighted by atomic mass is 32.1. The number of thiol groups is 1. The number of benzene rings is 1.